The largest absolute Gasteiger partial charge is 0.453 e. The third-order valence-corrected chi connectivity index (χ3v) is 3.62. The van der Waals surface area contributed by atoms with Crippen LogP contribution in [0, 0.1) is 0 Å². The van der Waals surface area contributed by atoms with Crippen molar-refractivity contribution >= 4 is 33.6 Å². The van der Waals surface area contributed by atoms with E-state index in [0.29, 0.717) is 37.4 Å². The minimum Gasteiger partial charge on any atom is -0.453 e. The monoisotopic (exact) mass is 341 g/mol. The first-order chi connectivity index (χ1) is 9.51. The van der Waals surface area contributed by atoms with Crippen LogP contribution in [0.4, 0.5) is 10.5 Å². The molecule has 0 radical (unpaired) electrons. The molecule has 2 N–H and O–H groups in total. The van der Waals surface area contributed by atoms with E-state index in [1.165, 1.54) is 7.11 Å². The van der Waals surface area contributed by atoms with Crippen LogP contribution in [-0.2, 0) is 4.74 Å². The average molecular weight is 342 g/mol. The number of nitrogens with zero attached hydrogens (tertiary/aromatic N) is 2. The molecule has 0 aromatic heterocycles. The van der Waals surface area contributed by atoms with Gasteiger partial charge in [0.1, 0.15) is 0 Å². The molecule has 1 aliphatic heterocycles. The van der Waals surface area contributed by atoms with E-state index in [4.69, 9.17) is 5.73 Å². The van der Waals surface area contributed by atoms with Gasteiger partial charge in [-0.05, 0) is 18.2 Å². The highest BCUT2D eigenvalue weighted by atomic mass is 79.9. The van der Waals surface area contributed by atoms with Gasteiger partial charge < -0.3 is 20.3 Å². The van der Waals surface area contributed by atoms with E-state index in [-0.39, 0.29) is 12.0 Å². The van der Waals surface area contributed by atoms with E-state index < -0.39 is 0 Å². The van der Waals surface area contributed by atoms with Crippen LogP contribution >= 0.6 is 15.9 Å². The number of methoxy groups -OCH3 is 1. The van der Waals surface area contributed by atoms with Gasteiger partial charge >= 0.3 is 6.09 Å². The van der Waals surface area contributed by atoms with Gasteiger partial charge in [0.25, 0.3) is 5.91 Å². The molecule has 1 aromatic carbocycles. The summed E-state index contributed by atoms with van der Waals surface area (Å²) < 4.78 is 5.43. The summed E-state index contributed by atoms with van der Waals surface area (Å²) in [5, 5.41) is 0. The zero-order chi connectivity index (χ0) is 14.7. The number of anilines is 1. The maximum atomic E-state index is 12.4. The molecule has 1 fully saturated rings. The van der Waals surface area contributed by atoms with Crippen LogP contribution < -0.4 is 5.73 Å². The molecule has 1 saturated heterocycles. The quantitative estimate of drug-likeness (QED) is 0.786. The molecule has 20 heavy (non-hydrogen) atoms. The standard InChI is InChI=1S/C13H16BrN3O3/c1-20-13(19)17-4-2-16(3-5-17)12(18)9-6-10(14)8-11(15)7-9/h6-8H,2-5,15H2,1H3. The van der Waals surface area contributed by atoms with Crippen molar-refractivity contribution in [3.63, 3.8) is 0 Å². The Balaban J connectivity index is 2.03. The van der Waals surface area contributed by atoms with E-state index in [1.54, 1.807) is 28.0 Å². The summed E-state index contributed by atoms with van der Waals surface area (Å²) in [4.78, 5) is 27.0. The highest BCUT2D eigenvalue weighted by Gasteiger charge is 2.25. The van der Waals surface area contributed by atoms with Crippen molar-refractivity contribution in [1.82, 2.24) is 9.80 Å². The van der Waals surface area contributed by atoms with Crippen LogP contribution in [0.3, 0.4) is 0 Å². The van der Waals surface area contributed by atoms with Gasteiger partial charge in [0.15, 0.2) is 0 Å². The molecule has 0 spiro atoms. The number of ether oxygens (including phenoxy) is 1. The van der Waals surface area contributed by atoms with Crippen molar-refractivity contribution in [1.29, 1.82) is 0 Å². The Hall–Kier alpha value is -1.76. The Morgan fingerprint density at radius 1 is 1.15 bits per heavy atom. The third kappa shape index (κ3) is 3.22. The first-order valence-electron chi connectivity index (χ1n) is 6.19. The molecule has 7 heteroatoms. The lowest BCUT2D eigenvalue weighted by Gasteiger charge is -2.33. The fourth-order valence-corrected chi connectivity index (χ4v) is 2.65. The Morgan fingerprint density at radius 3 is 2.30 bits per heavy atom. The number of halogens is 1. The van der Waals surface area contributed by atoms with E-state index in [1.807, 2.05) is 0 Å². The minimum absolute atomic E-state index is 0.0810. The van der Waals surface area contributed by atoms with Crippen molar-refractivity contribution in [2.75, 3.05) is 39.0 Å². The number of hydrogen-bond donors (Lipinski definition) is 1. The van der Waals surface area contributed by atoms with Gasteiger partial charge in [-0.1, -0.05) is 15.9 Å². The van der Waals surface area contributed by atoms with Crippen molar-refractivity contribution < 1.29 is 14.3 Å². The number of nitrogens with two attached hydrogens (primary N) is 1. The summed E-state index contributed by atoms with van der Waals surface area (Å²) in [5.41, 5.74) is 6.82. The SMILES string of the molecule is COC(=O)N1CCN(C(=O)c2cc(N)cc(Br)c2)CC1. The molecule has 6 nitrogen and oxygen atoms in total. The van der Waals surface area contributed by atoms with E-state index in [9.17, 15) is 9.59 Å². The van der Waals surface area contributed by atoms with E-state index in [2.05, 4.69) is 20.7 Å². The van der Waals surface area contributed by atoms with Gasteiger partial charge in [-0.25, -0.2) is 4.79 Å². The molecule has 2 amide bonds. The Kier molecular flexibility index (Phi) is 4.49. The third-order valence-electron chi connectivity index (χ3n) is 3.17. The molecule has 1 heterocycles. The fourth-order valence-electron chi connectivity index (χ4n) is 2.14. The fraction of sp³-hybridized carbons (Fsp3) is 0.385. The summed E-state index contributed by atoms with van der Waals surface area (Å²) in [6.45, 7) is 1.92. The van der Waals surface area contributed by atoms with Gasteiger partial charge in [0.05, 0.1) is 7.11 Å². The molecule has 0 unspecified atom stereocenters. The topological polar surface area (TPSA) is 75.9 Å². The number of piperazine rings is 1. The van der Waals surface area contributed by atoms with Gasteiger partial charge in [0.2, 0.25) is 0 Å². The highest BCUT2D eigenvalue weighted by Crippen LogP contribution is 2.19. The molecule has 0 atom stereocenters. The predicted molar refractivity (Wildman–Crippen MR) is 78.4 cm³/mol. The lowest BCUT2D eigenvalue weighted by Crippen LogP contribution is -2.50. The first-order valence-corrected chi connectivity index (χ1v) is 6.99. The van der Waals surface area contributed by atoms with E-state index in [0.717, 1.165) is 4.47 Å². The summed E-state index contributed by atoms with van der Waals surface area (Å²) >= 11 is 3.32. The normalized spacial score (nSPS) is 15.1. The second-order valence-corrected chi connectivity index (χ2v) is 5.44. The molecular formula is C13H16BrN3O3. The molecule has 1 aromatic rings. The summed E-state index contributed by atoms with van der Waals surface area (Å²) in [6, 6.07) is 5.14. The Bertz CT molecular complexity index is 507. The first kappa shape index (κ1) is 14.6. The molecule has 1 aliphatic rings. The average Bonchev–Trinajstić information content (AvgIpc) is 2.45. The van der Waals surface area contributed by atoms with Crippen molar-refractivity contribution in [3.8, 4) is 0 Å². The summed E-state index contributed by atoms with van der Waals surface area (Å²) in [7, 11) is 1.35. The van der Waals surface area contributed by atoms with Crippen molar-refractivity contribution in [2.24, 2.45) is 0 Å². The number of rotatable bonds is 1. The molecule has 108 valence electrons. The number of nitrogen functional groups attached to an aromatic ring is 1. The predicted octanol–water partition coefficient (Wildman–Crippen LogP) is 1.56. The van der Waals surface area contributed by atoms with Gasteiger partial charge in [-0.2, -0.15) is 0 Å². The van der Waals surface area contributed by atoms with Crippen LogP contribution in [-0.4, -0.2) is 55.1 Å². The zero-order valence-electron chi connectivity index (χ0n) is 11.1. The molecule has 0 bridgehead atoms. The van der Waals surface area contributed by atoms with Crippen molar-refractivity contribution in [3.05, 3.63) is 28.2 Å². The van der Waals surface area contributed by atoms with Crippen LogP contribution in [0.5, 0.6) is 0 Å². The van der Waals surface area contributed by atoms with Crippen LogP contribution in [0.15, 0.2) is 22.7 Å². The number of carbonyl (C=O) groups is 2. The Morgan fingerprint density at radius 2 is 1.75 bits per heavy atom. The summed E-state index contributed by atoms with van der Waals surface area (Å²) in [6.07, 6.45) is -0.358. The molecule has 0 saturated carbocycles. The number of benzene rings is 1. The number of amides is 2. The smallest absolute Gasteiger partial charge is 0.409 e. The lowest BCUT2D eigenvalue weighted by molar-refractivity contribution is 0.0599. The molecule has 0 aliphatic carbocycles. The van der Waals surface area contributed by atoms with Gasteiger partial charge in [-0.15, -0.1) is 0 Å². The van der Waals surface area contributed by atoms with Gasteiger partial charge in [0, 0.05) is 41.9 Å². The van der Waals surface area contributed by atoms with Crippen LogP contribution in [0.1, 0.15) is 10.4 Å². The molecule has 2 rings (SSSR count). The number of hydrogen-bond acceptors (Lipinski definition) is 4. The number of carbonyl (C=O) groups excluding carboxylic acids is 2. The van der Waals surface area contributed by atoms with E-state index >= 15 is 0 Å². The van der Waals surface area contributed by atoms with Crippen LogP contribution in [0.25, 0.3) is 0 Å². The van der Waals surface area contributed by atoms with Crippen molar-refractivity contribution in [2.45, 2.75) is 0 Å². The summed E-state index contributed by atoms with van der Waals surface area (Å²) in [5.74, 6) is -0.0810. The minimum atomic E-state index is -0.358. The lowest BCUT2D eigenvalue weighted by atomic mass is 10.1. The zero-order valence-corrected chi connectivity index (χ0v) is 12.7. The highest BCUT2D eigenvalue weighted by molar-refractivity contribution is 9.10. The molecular weight excluding hydrogens is 326 g/mol. The van der Waals surface area contributed by atoms with Gasteiger partial charge in [-0.3, -0.25) is 4.79 Å². The van der Waals surface area contributed by atoms with Crippen LogP contribution in [0.2, 0.25) is 0 Å². The Labute approximate surface area is 125 Å². The second-order valence-electron chi connectivity index (χ2n) is 4.52. The maximum absolute atomic E-state index is 12.4. The maximum Gasteiger partial charge on any atom is 0.409 e. The second kappa shape index (κ2) is 6.13.